The molecule has 5 nitrogen and oxygen atoms in total. The first-order valence-corrected chi connectivity index (χ1v) is 8.87. The summed E-state index contributed by atoms with van der Waals surface area (Å²) in [5, 5.41) is -13.7. The maximum atomic E-state index is 13.6. The second kappa shape index (κ2) is 6.41. The van der Waals surface area contributed by atoms with E-state index in [1.54, 1.807) is 0 Å². The normalized spacial score (nSPS) is 15.0. The van der Waals surface area contributed by atoms with E-state index in [0.717, 1.165) is 0 Å². The molecule has 0 spiro atoms. The highest BCUT2D eigenvalue weighted by Crippen LogP contribution is 2.48. The summed E-state index contributed by atoms with van der Waals surface area (Å²) in [7, 11) is -14.5. The number of alkyl halides is 9. The summed E-state index contributed by atoms with van der Waals surface area (Å²) < 4.78 is 194. The van der Waals surface area contributed by atoms with E-state index in [1.807, 2.05) is 0 Å². The van der Waals surface area contributed by atoms with Crippen molar-refractivity contribution in [2.45, 2.75) is 27.5 Å². The smallest absolute Gasteiger partial charge is 0.281 e. The van der Waals surface area contributed by atoms with Gasteiger partial charge in [-0.3, -0.25) is 4.55 Å². The van der Waals surface area contributed by atoms with Crippen LogP contribution in [-0.2, 0) is 25.9 Å². The third-order valence-corrected chi connectivity index (χ3v) is 5.86. The second-order valence-corrected chi connectivity index (χ2v) is 8.27. The van der Waals surface area contributed by atoms with Crippen molar-refractivity contribution in [3.8, 4) is 0 Å². The summed E-state index contributed by atoms with van der Waals surface area (Å²) in [6.45, 7) is 0. The molecular formula is C10H3F11O5S2. The van der Waals surface area contributed by atoms with Crippen molar-refractivity contribution in [3.63, 3.8) is 0 Å². The molecule has 0 aliphatic heterocycles. The van der Waals surface area contributed by atoms with E-state index >= 15 is 0 Å². The molecule has 0 aromatic heterocycles. The number of hydrogen-bond acceptors (Lipinski definition) is 4. The quantitative estimate of drug-likeness (QED) is 0.520. The Morgan fingerprint density at radius 1 is 0.714 bits per heavy atom. The van der Waals surface area contributed by atoms with E-state index < -0.39 is 76.8 Å². The van der Waals surface area contributed by atoms with Gasteiger partial charge in [0.15, 0.2) is 0 Å². The molecule has 0 fully saturated rings. The van der Waals surface area contributed by atoms with Gasteiger partial charge in [0, 0.05) is 0 Å². The van der Waals surface area contributed by atoms with Crippen molar-refractivity contribution in [1.82, 2.24) is 0 Å². The predicted octanol–water partition coefficient (Wildman–Crippen LogP) is 3.47. The lowest BCUT2D eigenvalue weighted by Gasteiger charge is -2.24. The highest BCUT2D eigenvalue weighted by molar-refractivity contribution is 7.94. The van der Waals surface area contributed by atoms with Gasteiger partial charge < -0.3 is 0 Å². The summed E-state index contributed by atoms with van der Waals surface area (Å²) in [6.07, 6.45) is -6.55. The van der Waals surface area contributed by atoms with Gasteiger partial charge in [0.1, 0.15) is 16.5 Å². The molecule has 0 aliphatic rings. The maximum Gasteiger partial charge on any atom is 0.458 e. The fourth-order valence-electron chi connectivity index (χ4n) is 1.57. The third kappa shape index (κ3) is 3.40. The molecular weight excluding hydrogens is 473 g/mol. The molecule has 0 atom stereocenters. The van der Waals surface area contributed by atoms with Crippen LogP contribution in [0, 0.1) is 11.6 Å². The van der Waals surface area contributed by atoms with Crippen LogP contribution in [0.25, 0.3) is 0 Å². The Hall–Kier alpha value is -1.69. The molecule has 0 unspecified atom stereocenters. The van der Waals surface area contributed by atoms with Crippen molar-refractivity contribution in [3.05, 3.63) is 29.3 Å². The minimum atomic E-state index is -7.29. The molecule has 0 heterocycles. The molecule has 1 N–H and O–H groups in total. The van der Waals surface area contributed by atoms with Gasteiger partial charge in [0.05, 0.1) is 5.56 Å². The summed E-state index contributed by atoms with van der Waals surface area (Å²) in [6, 6.07) is -2.40. The number of rotatable bonds is 5. The summed E-state index contributed by atoms with van der Waals surface area (Å²) in [5.41, 5.74) is -2.87. The Balaban J connectivity index is 3.78. The molecule has 18 heteroatoms. The standard InChI is InChI=1S/C10H3F11O5S2/c11-4-2-6(5(12)1-3(4)7(13,14)8(15,16)17)27(22,23)9(18,19)10(20,21)28(24,25)26/h1-2H,(H,24,25,26). The highest BCUT2D eigenvalue weighted by atomic mass is 32.2. The summed E-state index contributed by atoms with van der Waals surface area (Å²) >= 11 is 0. The minimum Gasteiger partial charge on any atom is -0.281 e. The first-order valence-electron chi connectivity index (χ1n) is 5.95. The lowest BCUT2D eigenvalue weighted by atomic mass is 10.1. The van der Waals surface area contributed by atoms with Gasteiger partial charge in [-0.1, -0.05) is 0 Å². The van der Waals surface area contributed by atoms with E-state index in [1.165, 1.54) is 0 Å². The summed E-state index contributed by atoms with van der Waals surface area (Å²) in [5.74, 6) is -12.1. The average Bonchev–Trinajstić information content (AvgIpc) is 2.46. The zero-order valence-electron chi connectivity index (χ0n) is 12.2. The van der Waals surface area contributed by atoms with Crippen LogP contribution < -0.4 is 0 Å². The zero-order valence-corrected chi connectivity index (χ0v) is 13.8. The van der Waals surface area contributed by atoms with Crippen LogP contribution >= 0.6 is 0 Å². The maximum absolute atomic E-state index is 13.6. The van der Waals surface area contributed by atoms with E-state index in [9.17, 15) is 65.1 Å². The van der Waals surface area contributed by atoms with Crippen molar-refractivity contribution < 1.29 is 69.7 Å². The monoisotopic (exact) mass is 476 g/mol. The van der Waals surface area contributed by atoms with Crippen LogP contribution in [0.3, 0.4) is 0 Å². The van der Waals surface area contributed by atoms with Gasteiger partial charge in [-0.2, -0.15) is 47.9 Å². The van der Waals surface area contributed by atoms with E-state index in [4.69, 9.17) is 4.55 Å². The van der Waals surface area contributed by atoms with Crippen LogP contribution in [0.1, 0.15) is 5.56 Å². The molecule has 0 saturated heterocycles. The average molecular weight is 476 g/mol. The Kier molecular flexibility index (Phi) is 5.57. The Morgan fingerprint density at radius 2 is 1.14 bits per heavy atom. The minimum absolute atomic E-state index is 1.20. The van der Waals surface area contributed by atoms with Crippen molar-refractivity contribution >= 4 is 20.0 Å². The van der Waals surface area contributed by atoms with Crippen LogP contribution in [0.5, 0.6) is 0 Å². The first kappa shape index (κ1) is 24.3. The fourth-order valence-corrected chi connectivity index (χ4v) is 3.68. The summed E-state index contributed by atoms with van der Waals surface area (Å²) in [4.78, 5) is -2.87. The lowest BCUT2D eigenvalue weighted by molar-refractivity contribution is -0.290. The first-order chi connectivity index (χ1) is 12.0. The third-order valence-electron chi connectivity index (χ3n) is 3.01. The van der Waals surface area contributed by atoms with Gasteiger partial charge in [-0.05, 0) is 12.1 Å². The topological polar surface area (TPSA) is 88.5 Å². The number of halogens is 11. The van der Waals surface area contributed by atoms with Gasteiger partial charge in [-0.25, -0.2) is 17.2 Å². The molecule has 0 saturated carbocycles. The molecule has 0 aliphatic carbocycles. The Labute approximate surface area is 147 Å². The number of hydrogen-bond donors (Lipinski definition) is 1. The van der Waals surface area contributed by atoms with E-state index in [2.05, 4.69) is 0 Å². The Bertz CT molecular complexity index is 995. The van der Waals surface area contributed by atoms with Gasteiger partial charge in [-0.15, -0.1) is 0 Å². The molecule has 1 aromatic rings. The molecule has 162 valence electrons. The van der Waals surface area contributed by atoms with Gasteiger partial charge >= 0.3 is 32.7 Å². The van der Waals surface area contributed by atoms with Crippen molar-refractivity contribution in [1.29, 1.82) is 0 Å². The van der Waals surface area contributed by atoms with Crippen LogP contribution in [0.15, 0.2) is 17.0 Å². The molecule has 1 aromatic carbocycles. The van der Waals surface area contributed by atoms with Gasteiger partial charge in [0.2, 0.25) is 0 Å². The molecule has 1 rings (SSSR count). The lowest BCUT2D eigenvalue weighted by Crippen LogP contribution is -2.52. The van der Waals surface area contributed by atoms with Gasteiger partial charge in [0.25, 0.3) is 9.84 Å². The molecule has 0 amide bonds. The predicted molar refractivity (Wildman–Crippen MR) is 64.9 cm³/mol. The van der Waals surface area contributed by atoms with Crippen LogP contribution in [-0.4, -0.2) is 38.1 Å². The van der Waals surface area contributed by atoms with E-state index in [-0.39, 0.29) is 0 Å². The fraction of sp³-hybridized carbons (Fsp3) is 0.400. The van der Waals surface area contributed by atoms with E-state index in [0.29, 0.717) is 0 Å². The van der Waals surface area contributed by atoms with Crippen LogP contribution in [0.4, 0.5) is 48.3 Å². The largest absolute Gasteiger partial charge is 0.458 e. The zero-order chi connectivity index (χ0) is 22.7. The molecule has 0 bridgehead atoms. The highest BCUT2D eigenvalue weighted by Gasteiger charge is 2.74. The second-order valence-electron chi connectivity index (χ2n) is 4.85. The SMILES string of the molecule is O=S(=O)(O)C(F)(F)C(F)(F)S(=O)(=O)c1cc(F)c(C(F)(F)C(F)(F)F)cc1F. The van der Waals surface area contributed by atoms with Crippen LogP contribution in [0.2, 0.25) is 0 Å². The molecule has 0 radical (unpaired) electrons. The molecule has 28 heavy (non-hydrogen) atoms. The Morgan fingerprint density at radius 3 is 1.50 bits per heavy atom. The number of sulfone groups is 1. The van der Waals surface area contributed by atoms with Crippen molar-refractivity contribution in [2.24, 2.45) is 0 Å². The number of benzene rings is 1. The van der Waals surface area contributed by atoms with Crippen molar-refractivity contribution in [2.75, 3.05) is 0 Å².